The number of hydrogen-bond donors (Lipinski definition) is 3. The maximum absolute atomic E-state index is 12.1. The topological polar surface area (TPSA) is 75.4 Å². The molecule has 0 bridgehead atoms. The molecule has 2 aromatic carbocycles. The van der Waals surface area contributed by atoms with Crippen molar-refractivity contribution < 1.29 is 9.90 Å². The van der Waals surface area contributed by atoms with Crippen molar-refractivity contribution in [3.63, 3.8) is 0 Å². The molecule has 0 saturated heterocycles. The minimum atomic E-state index is -0.228. The van der Waals surface area contributed by atoms with Crippen LogP contribution in [0.3, 0.4) is 0 Å². The molecule has 1 unspecified atom stereocenters. The molecule has 0 aliphatic rings. The Hall–Kier alpha value is -2.49. The number of benzene rings is 2. The summed E-state index contributed by atoms with van der Waals surface area (Å²) in [7, 11) is 0. The van der Waals surface area contributed by atoms with Crippen LogP contribution >= 0.6 is 0 Å². The average Bonchev–Trinajstić information content (AvgIpc) is 2.39. The van der Waals surface area contributed by atoms with Gasteiger partial charge in [0, 0.05) is 5.69 Å². The Balaban J connectivity index is 2.13. The van der Waals surface area contributed by atoms with E-state index in [1.54, 1.807) is 42.5 Å². The molecule has 0 spiro atoms. The van der Waals surface area contributed by atoms with Gasteiger partial charge >= 0.3 is 0 Å². The van der Waals surface area contributed by atoms with E-state index in [1.165, 1.54) is 0 Å². The molecule has 0 aliphatic carbocycles. The minimum Gasteiger partial charge on any atom is -0.508 e. The average molecular weight is 256 g/mol. The second-order valence-corrected chi connectivity index (χ2v) is 4.38. The fourth-order valence-corrected chi connectivity index (χ4v) is 1.86. The SMILES string of the molecule is CC(NC(=O)c1ccccc1N)c1cccc(O)c1. The molecule has 1 amide bonds. The van der Waals surface area contributed by atoms with E-state index in [-0.39, 0.29) is 17.7 Å². The van der Waals surface area contributed by atoms with Gasteiger partial charge in [0.2, 0.25) is 0 Å². The Labute approximate surface area is 111 Å². The summed E-state index contributed by atoms with van der Waals surface area (Å²) in [6, 6.07) is 13.5. The molecule has 4 N–H and O–H groups in total. The molecule has 0 fully saturated rings. The normalized spacial score (nSPS) is 11.8. The Bertz CT molecular complexity index is 596. The fraction of sp³-hybridized carbons (Fsp3) is 0.133. The molecule has 0 saturated carbocycles. The molecule has 2 rings (SSSR count). The number of hydrogen-bond acceptors (Lipinski definition) is 3. The van der Waals surface area contributed by atoms with E-state index in [4.69, 9.17) is 5.73 Å². The number of nitrogens with two attached hydrogens (primary N) is 1. The second kappa shape index (κ2) is 5.44. The van der Waals surface area contributed by atoms with E-state index in [0.29, 0.717) is 11.3 Å². The smallest absolute Gasteiger partial charge is 0.253 e. The van der Waals surface area contributed by atoms with Crippen molar-refractivity contribution in [3.05, 3.63) is 59.7 Å². The monoisotopic (exact) mass is 256 g/mol. The van der Waals surface area contributed by atoms with Crippen LogP contribution in [0.1, 0.15) is 28.9 Å². The van der Waals surface area contributed by atoms with Crippen LogP contribution in [0.25, 0.3) is 0 Å². The van der Waals surface area contributed by atoms with Gasteiger partial charge in [-0.3, -0.25) is 4.79 Å². The molecule has 2 aromatic rings. The first-order chi connectivity index (χ1) is 9.08. The summed E-state index contributed by atoms with van der Waals surface area (Å²) < 4.78 is 0. The van der Waals surface area contributed by atoms with Crippen molar-refractivity contribution in [1.29, 1.82) is 0 Å². The van der Waals surface area contributed by atoms with E-state index >= 15 is 0 Å². The lowest BCUT2D eigenvalue weighted by Crippen LogP contribution is -2.27. The van der Waals surface area contributed by atoms with Crippen molar-refractivity contribution in [2.45, 2.75) is 13.0 Å². The van der Waals surface area contributed by atoms with Gasteiger partial charge in [-0.15, -0.1) is 0 Å². The number of aromatic hydroxyl groups is 1. The van der Waals surface area contributed by atoms with E-state index in [9.17, 15) is 9.90 Å². The Kier molecular flexibility index (Phi) is 3.71. The van der Waals surface area contributed by atoms with Crippen LogP contribution in [0, 0.1) is 0 Å². The maximum Gasteiger partial charge on any atom is 0.253 e. The van der Waals surface area contributed by atoms with Crippen LogP contribution in [0.2, 0.25) is 0 Å². The number of carbonyl (C=O) groups is 1. The van der Waals surface area contributed by atoms with Gasteiger partial charge in [-0.1, -0.05) is 24.3 Å². The third-order valence-corrected chi connectivity index (χ3v) is 2.92. The van der Waals surface area contributed by atoms with E-state index in [2.05, 4.69) is 5.32 Å². The highest BCUT2D eigenvalue weighted by Gasteiger charge is 2.13. The van der Waals surface area contributed by atoms with Crippen LogP contribution in [0.15, 0.2) is 48.5 Å². The zero-order valence-corrected chi connectivity index (χ0v) is 10.6. The first kappa shape index (κ1) is 13.0. The third kappa shape index (κ3) is 3.04. The predicted molar refractivity (Wildman–Crippen MR) is 74.8 cm³/mol. The first-order valence-corrected chi connectivity index (χ1v) is 6.02. The van der Waals surface area contributed by atoms with Crippen LogP contribution in [0.4, 0.5) is 5.69 Å². The second-order valence-electron chi connectivity index (χ2n) is 4.38. The molecule has 98 valence electrons. The largest absolute Gasteiger partial charge is 0.508 e. The Morgan fingerprint density at radius 2 is 1.95 bits per heavy atom. The van der Waals surface area contributed by atoms with Crippen molar-refractivity contribution in [2.24, 2.45) is 0 Å². The number of carbonyl (C=O) groups excluding carboxylic acids is 1. The zero-order chi connectivity index (χ0) is 13.8. The predicted octanol–water partition coefficient (Wildman–Crippen LogP) is 2.47. The molecular formula is C15H16N2O2. The number of phenolic OH excluding ortho intramolecular Hbond substituents is 1. The first-order valence-electron chi connectivity index (χ1n) is 6.02. The molecular weight excluding hydrogens is 240 g/mol. The summed E-state index contributed by atoms with van der Waals surface area (Å²) in [5.74, 6) is -0.0493. The molecule has 4 heteroatoms. The Morgan fingerprint density at radius 3 is 2.63 bits per heavy atom. The third-order valence-electron chi connectivity index (χ3n) is 2.92. The number of amides is 1. The van der Waals surface area contributed by atoms with Gasteiger partial charge < -0.3 is 16.2 Å². The standard InChI is InChI=1S/C15H16N2O2/c1-10(11-5-4-6-12(18)9-11)17-15(19)13-7-2-3-8-14(13)16/h2-10,18H,16H2,1H3,(H,17,19). The molecule has 19 heavy (non-hydrogen) atoms. The number of phenols is 1. The van der Waals surface area contributed by atoms with E-state index in [1.807, 2.05) is 13.0 Å². The van der Waals surface area contributed by atoms with Gasteiger partial charge in [0.05, 0.1) is 11.6 Å². The van der Waals surface area contributed by atoms with Crippen molar-refractivity contribution >= 4 is 11.6 Å². The molecule has 0 aromatic heterocycles. The molecule has 1 atom stereocenters. The molecule has 0 radical (unpaired) electrons. The number of nitrogens with one attached hydrogen (secondary N) is 1. The van der Waals surface area contributed by atoms with Crippen molar-refractivity contribution in [3.8, 4) is 5.75 Å². The van der Waals surface area contributed by atoms with Gasteiger partial charge in [0.25, 0.3) is 5.91 Å². The zero-order valence-electron chi connectivity index (χ0n) is 10.6. The lowest BCUT2D eigenvalue weighted by atomic mass is 10.1. The summed E-state index contributed by atoms with van der Waals surface area (Å²) >= 11 is 0. The van der Waals surface area contributed by atoms with Crippen molar-refractivity contribution in [2.75, 3.05) is 5.73 Å². The van der Waals surface area contributed by atoms with Crippen LogP contribution in [-0.4, -0.2) is 11.0 Å². The highest BCUT2D eigenvalue weighted by molar-refractivity contribution is 5.99. The van der Waals surface area contributed by atoms with Gasteiger partial charge in [-0.2, -0.15) is 0 Å². The summed E-state index contributed by atoms with van der Waals surface area (Å²) in [5, 5.41) is 12.3. The maximum atomic E-state index is 12.1. The fourth-order valence-electron chi connectivity index (χ4n) is 1.86. The van der Waals surface area contributed by atoms with Crippen LogP contribution in [0.5, 0.6) is 5.75 Å². The van der Waals surface area contributed by atoms with Crippen LogP contribution < -0.4 is 11.1 Å². The van der Waals surface area contributed by atoms with E-state index < -0.39 is 0 Å². The highest BCUT2D eigenvalue weighted by atomic mass is 16.3. The van der Waals surface area contributed by atoms with E-state index in [0.717, 1.165) is 5.56 Å². The number of nitrogen functional groups attached to an aromatic ring is 1. The lowest BCUT2D eigenvalue weighted by molar-refractivity contribution is 0.0940. The highest BCUT2D eigenvalue weighted by Crippen LogP contribution is 2.19. The van der Waals surface area contributed by atoms with Gasteiger partial charge in [0.15, 0.2) is 0 Å². The summed E-state index contributed by atoms with van der Waals surface area (Å²) in [6.45, 7) is 1.85. The van der Waals surface area contributed by atoms with Gasteiger partial charge in [-0.05, 0) is 36.8 Å². The molecule has 0 heterocycles. The number of para-hydroxylation sites is 1. The van der Waals surface area contributed by atoms with Gasteiger partial charge in [0.1, 0.15) is 5.75 Å². The minimum absolute atomic E-state index is 0.179. The summed E-state index contributed by atoms with van der Waals surface area (Å²) in [4.78, 5) is 12.1. The number of rotatable bonds is 3. The number of anilines is 1. The molecule has 0 aliphatic heterocycles. The Morgan fingerprint density at radius 1 is 1.21 bits per heavy atom. The quantitative estimate of drug-likeness (QED) is 0.738. The molecule has 4 nitrogen and oxygen atoms in total. The summed E-state index contributed by atoms with van der Waals surface area (Å²) in [6.07, 6.45) is 0. The van der Waals surface area contributed by atoms with Gasteiger partial charge in [-0.25, -0.2) is 0 Å². The summed E-state index contributed by atoms with van der Waals surface area (Å²) in [5.41, 5.74) is 7.50. The lowest BCUT2D eigenvalue weighted by Gasteiger charge is -2.15. The van der Waals surface area contributed by atoms with Crippen LogP contribution in [-0.2, 0) is 0 Å². The van der Waals surface area contributed by atoms with Crippen molar-refractivity contribution in [1.82, 2.24) is 5.32 Å².